The third-order valence-electron chi connectivity index (χ3n) is 4.04. The molecule has 1 N–H and O–H groups in total. The molecule has 17 heavy (non-hydrogen) atoms. The second-order valence-corrected chi connectivity index (χ2v) is 5.06. The van der Waals surface area contributed by atoms with Crippen LogP contribution in [0.15, 0.2) is 0 Å². The van der Waals surface area contributed by atoms with E-state index in [1.54, 1.807) is 0 Å². The van der Waals surface area contributed by atoms with Gasteiger partial charge in [-0.15, -0.1) is 0 Å². The first kappa shape index (κ1) is 12.8. The highest BCUT2D eigenvalue weighted by Gasteiger charge is 2.34. The Bertz CT molecular complexity index is 269. The molecule has 2 fully saturated rings. The fraction of sp³-hybridized carbons (Fsp3) is 0.923. The zero-order chi connectivity index (χ0) is 12.1. The molecule has 0 spiro atoms. The van der Waals surface area contributed by atoms with E-state index in [1.807, 2.05) is 0 Å². The van der Waals surface area contributed by atoms with Crippen LogP contribution >= 0.6 is 0 Å². The summed E-state index contributed by atoms with van der Waals surface area (Å²) in [5.74, 6) is 0.241. The van der Waals surface area contributed by atoms with E-state index in [1.165, 1.54) is 12.8 Å². The van der Waals surface area contributed by atoms with Crippen LogP contribution in [0.2, 0.25) is 0 Å². The second kappa shape index (κ2) is 6.34. The minimum absolute atomic E-state index is 0.110. The molecule has 1 saturated heterocycles. The maximum atomic E-state index is 9.11. The average Bonchev–Trinajstić information content (AvgIpc) is 2.85. The molecule has 4 nitrogen and oxygen atoms in total. The summed E-state index contributed by atoms with van der Waals surface area (Å²) in [5.41, 5.74) is 0. The zero-order valence-electron chi connectivity index (χ0n) is 10.3. The van der Waals surface area contributed by atoms with E-state index < -0.39 is 0 Å². The molecular formula is C13H22N2O2. The predicted molar refractivity (Wildman–Crippen MR) is 64.4 cm³/mol. The van der Waals surface area contributed by atoms with Crippen LogP contribution in [0.1, 0.15) is 32.1 Å². The van der Waals surface area contributed by atoms with Crippen molar-refractivity contribution in [3.63, 3.8) is 0 Å². The summed E-state index contributed by atoms with van der Waals surface area (Å²) in [6, 6.07) is 2.94. The monoisotopic (exact) mass is 238 g/mol. The molecule has 1 aliphatic heterocycles. The van der Waals surface area contributed by atoms with Gasteiger partial charge in [0.05, 0.1) is 31.3 Å². The lowest BCUT2D eigenvalue weighted by atomic mass is 9.99. The summed E-state index contributed by atoms with van der Waals surface area (Å²) in [6.45, 7) is 2.64. The van der Waals surface area contributed by atoms with Crippen LogP contribution in [0.5, 0.6) is 0 Å². The number of piperidine rings is 1. The molecule has 4 heteroatoms. The minimum atomic E-state index is 0.110. The number of aliphatic hydroxyl groups excluding tert-OH is 1. The van der Waals surface area contributed by atoms with Crippen molar-refractivity contribution in [2.24, 2.45) is 5.92 Å². The van der Waals surface area contributed by atoms with Crippen molar-refractivity contribution >= 4 is 0 Å². The average molecular weight is 238 g/mol. The topological polar surface area (TPSA) is 56.5 Å². The van der Waals surface area contributed by atoms with Crippen LogP contribution < -0.4 is 0 Å². The number of ether oxygens (including phenoxy) is 1. The molecule has 2 atom stereocenters. The zero-order valence-corrected chi connectivity index (χ0v) is 10.3. The van der Waals surface area contributed by atoms with Crippen LogP contribution in [0.25, 0.3) is 0 Å². The molecule has 96 valence electrons. The van der Waals surface area contributed by atoms with Gasteiger partial charge in [0.15, 0.2) is 0 Å². The molecule has 0 aromatic rings. The van der Waals surface area contributed by atoms with E-state index in [2.05, 4.69) is 11.0 Å². The van der Waals surface area contributed by atoms with Gasteiger partial charge in [-0.3, -0.25) is 4.90 Å². The van der Waals surface area contributed by atoms with Gasteiger partial charge in [0.2, 0.25) is 0 Å². The first-order valence-corrected chi connectivity index (χ1v) is 6.71. The summed E-state index contributed by atoms with van der Waals surface area (Å²) >= 11 is 0. The molecular weight excluding hydrogens is 216 g/mol. The van der Waals surface area contributed by atoms with E-state index in [9.17, 15) is 0 Å². The highest BCUT2D eigenvalue weighted by Crippen LogP contribution is 2.31. The van der Waals surface area contributed by atoms with E-state index >= 15 is 0 Å². The first-order valence-electron chi connectivity index (χ1n) is 6.71. The van der Waals surface area contributed by atoms with Gasteiger partial charge in [0.1, 0.15) is 0 Å². The van der Waals surface area contributed by atoms with Crippen molar-refractivity contribution in [3.05, 3.63) is 0 Å². The van der Waals surface area contributed by atoms with Crippen molar-refractivity contribution in [1.29, 1.82) is 5.26 Å². The van der Waals surface area contributed by atoms with Gasteiger partial charge in [0, 0.05) is 19.1 Å². The molecule has 2 aliphatic rings. The summed E-state index contributed by atoms with van der Waals surface area (Å²) in [6.07, 6.45) is 5.83. The quantitative estimate of drug-likeness (QED) is 0.798. The van der Waals surface area contributed by atoms with Crippen LogP contribution in [0, 0.1) is 17.2 Å². The van der Waals surface area contributed by atoms with Gasteiger partial charge < -0.3 is 9.84 Å². The molecule has 0 amide bonds. The Morgan fingerprint density at radius 2 is 2.00 bits per heavy atom. The van der Waals surface area contributed by atoms with Gasteiger partial charge in [-0.25, -0.2) is 0 Å². The summed E-state index contributed by atoms with van der Waals surface area (Å²) in [7, 11) is 0. The largest absolute Gasteiger partial charge is 0.394 e. The lowest BCUT2D eigenvalue weighted by molar-refractivity contribution is -0.0167. The van der Waals surface area contributed by atoms with Gasteiger partial charge in [-0.1, -0.05) is 6.42 Å². The number of likely N-dealkylation sites (tertiary alicyclic amines) is 1. The normalized spacial score (nSPS) is 31.5. The number of nitriles is 1. The molecule has 1 aliphatic carbocycles. The second-order valence-electron chi connectivity index (χ2n) is 5.06. The summed E-state index contributed by atoms with van der Waals surface area (Å²) in [4.78, 5) is 2.47. The Hall–Kier alpha value is -0.630. The Morgan fingerprint density at radius 1 is 1.24 bits per heavy atom. The molecule has 0 aromatic carbocycles. The predicted octanol–water partition coefficient (Wildman–Crippen LogP) is 1.15. The van der Waals surface area contributed by atoms with Crippen LogP contribution in [-0.4, -0.2) is 48.5 Å². The number of nitrogens with zero attached hydrogens (tertiary/aromatic N) is 2. The maximum Gasteiger partial charge on any atom is 0.0701 e. The third-order valence-corrected chi connectivity index (χ3v) is 4.04. The van der Waals surface area contributed by atoms with Crippen molar-refractivity contribution in [2.75, 3.05) is 26.3 Å². The fourth-order valence-electron chi connectivity index (χ4n) is 3.12. The lowest BCUT2D eigenvalue weighted by Gasteiger charge is -2.36. The Morgan fingerprint density at radius 3 is 2.65 bits per heavy atom. The highest BCUT2D eigenvalue weighted by atomic mass is 16.5. The molecule has 0 radical (unpaired) electrons. The number of aliphatic hydroxyl groups is 1. The van der Waals surface area contributed by atoms with Crippen molar-refractivity contribution in [3.8, 4) is 6.07 Å². The Kier molecular flexibility index (Phi) is 4.78. The van der Waals surface area contributed by atoms with E-state index in [0.717, 1.165) is 32.4 Å². The SMILES string of the molecule is N#CC1CCCC1N1CCC(OCCO)CC1. The van der Waals surface area contributed by atoms with Crippen molar-refractivity contribution < 1.29 is 9.84 Å². The van der Waals surface area contributed by atoms with Gasteiger partial charge in [-0.05, 0) is 25.7 Å². The number of hydrogen-bond acceptors (Lipinski definition) is 4. The fourth-order valence-corrected chi connectivity index (χ4v) is 3.12. The molecule has 0 aromatic heterocycles. The van der Waals surface area contributed by atoms with Crippen LogP contribution in [0.4, 0.5) is 0 Å². The first-order chi connectivity index (χ1) is 8.35. The van der Waals surface area contributed by atoms with Crippen LogP contribution in [-0.2, 0) is 4.74 Å². The molecule has 1 saturated carbocycles. The Balaban J connectivity index is 1.77. The lowest BCUT2D eigenvalue weighted by Crippen LogP contribution is -2.44. The van der Waals surface area contributed by atoms with Crippen LogP contribution in [0.3, 0.4) is 0 Å². The van der Waals surface area contributed by atoms with Gasteiger partial charge >= 0.3 is 0 Å². The smallest absolute Gasteiger partial charge is 0.0701 e. The third kappa shape index (κ3) is 3.19. The minimum Gasteiger partial charge on any atom is -0.394 e. The molecule has 1 heterocycles. The van der Waals surface area contributed by atoms with Crippen molar-refractivity contribution in [1.82, 2.24) is 4.90 Å². The molecule has 0 bridgehead atoms. The maximum absolute atomic E-state index is 9.11. The van der Waals surface area contributed by atoms with E-state index in [4.69, 9.17) is 15.1 Å². The van der Waals surface area contributed by atoms with E-state index in [-0.39, 0.29) is 12.5 Å². The van der Waals surface area contributed by atoms with Gasteiger partial charge in [0.25, 0.3) is 0 Å². The number of hydrogen-bond donors (Lipinski definition) is 1. The molecule has 2 unspecified atom stereocenters. The van der Waals surface area contributed by atoms with Crippen molar-refractivity contribution in [2.45, 2.75) is 44.2 Å². The van der Waals surface area contributed by atoms with Gasteiger partial charge in [-0.2, -0.15) is 5.26 Å². The Labute approximate surface area is 103 Å². The molecule has 2 rings (SSSR count). The summed E-state index contributed by atoms with van der Waals surface area (Å²) in [5, 5.41) is 17.8. The number of rotatable bonds is 4. The summed E-state index contributed by atoms with van der Waals surface area (Å²) < 4.78 is 5.55. The highest BCUT2D eigenvalue weighted by molar-refractivity contribution is 4.98. The standard InChI is InChI=1S/C13H22N2O2/c14-10-11-2-1-3-13(11)15-6-4-12(5-7-15)17-9-8-16/h11-13,16H,1-9H2. The van der Waals surface area contributed by atoms with E-state index in [0.29, 0.717) is 18.8 Å².